The number of allylic oxidation sites excluding steroid dienone is 1. The van der Waals surface area contributed by atoms with Crippen molar-refractivity contribution >= 4 is 28.8 Å². The minimum atomic E-state index is -0.580. The van der Waals surface area contributed by atoms with E-state index < -0.39 is 12.0 Å². The predicted molar refractivity (Wildman–Crippen MR) is 103 cm³/mol. The fourth-order valence-corrected chi connectivity index (χ4v) is 4.09. The van der Waals surface area contributed by atoms with Gasteiger partial charge in [-0.3, -0.25) is 9.69 Å². The summed E-state index contributed by atoms with van der Waals surface area (Å²) < 4.78 is 15.5. The molecule has 1 fully saturated rings. The van der Waals surface area contributed by atoms with Crippen LogP contribution in [0.15, 0.2) is 40.5 Å². The molecule has 0 N–H and O–H groups in total. The molecule has 8 heteroatoms. The molecule has 2 aliphatic rings. The number of hydrogen-bond donors (Lipinski definition) is 0. The van der Waals surface area contributed by atoms with Crippen LogP contribution in [0.4, 0.5) is 0 Å². The van der Waals surface area contributed by atoms with Crippen LogP contribution in [0.2, 0.25) is 0 Å². The average Bonchev–Trinajstić information content (AvgIpc) is 2.94. The van der Waals surface area contributed by atoms with Gasteiger partial charge in [-0.2, -0.15) is 0 Å². The largest absolute Gasteiger partial charge is 0.497 e. The fraction of sp³-hybridized carbons (Fsp3) is 0.421. The second kappa shape index (κ2) is 8.14. The van der Waals surface area contributed by atoms with Crippen molar-refractivity contribution in [3.63, 3.8) is 0 Å². The van der Waals surface area contributed by atoms with Gasteiger partial charge in [0, 0.05) is 7.11 Å². The lowest BCUT2D eigenvalue weighted by Gasteiger charge is -2.33. The van der Waals surface area contributed by atoms with Gasteiger partial charge in [0.2, 0.25) is 5.91 Å². The molecule has 1 saturated heterocycles. The number of hydrogen-bond acceptors (Lipinski definition) is 7. The van der Waals surface area contributed by atoms with E-state index in [1.54, 1.807) is 31.1 Å². The van der Waals surface area contributed by atoms with Crippen LogP contribution in [0.3, 0.4) is 0 Å². The Morgan fingerprint density at radius 2 is 1.93 bits per heavy atom. The number of ether oxygens (including phenoxy) is 3. The Kier molecular flexibility index (Phi) is 5.86. The van der Waals surface area contributed by atoms with Crippen LogP contribution < -0.4 is 4.74 Å². The maximum absolute atomic E-state index is 12.8. The van der Waals surface area contributed by atoms with Crippen LogP contribution in [0, 0.1) is 0 Å². The number of nitrogens with zero attached hydrogens (tertiary/aromatic N) is 2. The molecule has 1 aromatic rings. The first kappa shape index (κ1) is 19.4. The first-order chi connectivity index (χ1) is 13.0. The topological polar surface area (TPSA) is 77.4 Å². The van der Waals surface area contributed by atoms with Crippen LogP contribution in [0.25, 0.3) is 0 Å². The minimum absolute atomic E-state index is 0.0748. The van der Waals surface area contributed by atoms with E-state index in [1.807, 2.05) is 19.1 Å². The minimum Gasteiger partial charge on any atom is -0.497 e. The van der Waals surface area contributed by atoms with E-state index in [-0.39, 0.29) is 17.8 Å². The molecule has 0 radical (unpaired) electrons. The highest BCUT2D eigenvalue weighted by atomic mass is 32.2. The summed E-state index contributed by atoms with van der Waals surface area (Å²) in [6.45, 7) is 4.04. The molecule has 0 spiro atoms. The number of carbonyl (C=O) groups excluding carboxylic acids is 2. The van der Waals surface area contributed by atoms with Gasteiger partial charge < -0.3 is 14.2 Å². The molecule has 2 atom stereocenters. The highest BCUT2D eigenvalue weighted by molar-refractivity contribution is 8.15. The van der Waals surface area contributed by atoms with E-state index in [0.717, 1.165) is 5.56 Å². The first-order valence-electron chi connectivity index (χ1n) is 8.57. The number of esters is 1. The molecule has 3 rings (SSSR count). The van der Waals surface area contributed by atoms with Crippen molar-refractivity contribution in [1.82, 2.24) is 4.90 Å². The normalized spacial score (nSPS) is 21.9. The molecule has 27 heavy (non-hydrogen) atoms. The molecular formula is C19H22N2O5S. The zero-order valence-electron chi connectivity index (χ0n) is 15.7. The molecule has 0 saturated carbocycles. The number of aliphatic imine (C=N–C) groups is 1. The second-order valence-electron chi connectivity index (χ2n) is 6.17. The number of amidine groups is 1. The Bertz CT molecular complexity index is 803. The third-order valence-corrected chi connectivity index (χ3v) is 5.48. The maximum atomic E-state index is 12.8. The number of rotatable bonds is 6. The summed E-state index contributed by atoms with van der Waals surface area (Å²) in [6.07, 6.45) is 0. The van der Waals surface area contributed by atoms with Gasteiger partial charge in [-0.1, -0.05) is 23.9 Å². The van der Waals surface area contributed by atoms with Crippen molar-refractivity contribution in [3.8, 4) is 5.75 Å². The van der Waals surface area contributed by atoms with E-state index in [4.69, 9.17) is 14.2 Å². The van der Waals surface area contributed by atoms with Gasteiger partial charge >= 0.3 is 5.97 Å². The Balaban J connectivity index is 2.03. The van der Waals surface area contributed by atoms with Gasteiger partial charge in [-0.05, 0) is 31.5 Å². The van der Waals surface area contributed by atoms with Crippen LogP contribution >= 0.6 is 11.8 Å². The van der Waals surface area contributed by atoms with Crippen molar-refractivity contribution in [2.75, 3.05) is 27.4 Å². The summed E-state index contributed by atoms with van der Waals surface area (Å²) in [7, 11) is 3.13. The number of carbonyl (C=O) groups is 2. The van der Waals surface area contributed by atoms with Gasteiger partial charge in [-0.25, -0.2) is 9.79 Å². The second-order valence-corrected chi connectivity index (χ2v) is 7.47. The summed E-state index contributed by atoms with van der Waals surface area (Å²) in [4.78, 5) is 31.7. The summed E-state index contributed by atoms with van der Waals surface area (Å²) >= 11 is 1.40. The number of methoxy groups -OCH3 is 2. The van der Waals surface area contributed by atoms with E-state index in [1.165, 1.54) is 18.9 Å². The third kappa shape index (κ3) is 3.72. The number of benzene rings is 1. The monoisotopic (exact) mass is 390 g/mol. The van der Waals surface area contributed by atoms with E-state index in [0.29, 0.717) is 28.8 Å². The molecule has 2 heterocycles. The molecule has 2 aliphatic heterocycles. The highest BCUT2D eigenvalue weighted by Gasteiger charge is 2.46. The lowest BCUT2D eigenvalue weighted by molar-refractivity contribution is -0.141. The lowest BCUT2D eigenvalue weighted by Crippen LogP contribution is -2.40. The van der Waals surface area contributed by atoms with Crippen molar-refractivity contribution in [1.29, 1.82) is 0 Å². The van der Waals surface area contributed by atoms with Crippen LogP contribution in [0.5, 0.6) is 5.75 Å². The summed E-state index contributed by atoms with van der Waals surface area (Å²) in [5.41, 5.74) is 1.71. The number of fused-ring (bicyclic) bond motifs is 1. The van der Waals surface area contributed by atoms with E-state index in [2.05, 4.69) is 4.99 Å². The van der Waals surface area contributed by atoms with E-state index in [9.17, 15) is 9.59 Å². The smallest absolute Gasteiger partial charge is 0.338 e. The van der Waals surface area contributed by atoms with Gasteiger partial charge in [0.1, 0.15) is 12.4 Å². The molecule has 0 bridgehead atoms. The third-order valence-electron chi connectivity index (χ3n) is 4.43. The zero-order chi connectivity index (χ0) is 19.6. The van der Waals surface area contributed by atoms with Gasteiger partial charge in [0.25, 0.3) is 0 Å². The van der Waals surface area contributed by atoms with E-state index >= 15 is 0 Å². The summed E-state index contributed by atoms with van der Waals surface area (Å²) in [5, 5.41) is 0.361. The summed E-state index contributed by atoms with van der Waals surface area (Å²) in [6, 6.07) is 6.73. The molecule has 0 aromatic heterocycles. The summed E-state index contributed by atoms with van der Waals surface area (Å²) in [5.74, 6) is 0.128. The van der Waals surface area contributed by atoms with Gasteiger partial charge in [0.15, 0.2) is 5.17 Å². The average molecular weight is 390 g/mol. The first-order valence-corrected chi connectivity index (χ1v) is 9.45. The lowest BCUT2D eigenvalue weighted by atomic mass is 9.94. The SMILES string of the molecule is COCCOC(=O)C1=C(C)N=C2SC(C)C(=O)N2C1c1ccc(OC)cc1. The fourth-order valence-electron chi connectivity index (χ4n) is 3.06. The van der Waals surface area contributed by atoms with Crippen molar-refractivity contribution in [2.45, 2.75) is 25.1 Å². The number of thioether (sulfide) groups is 1. The molecule has 1 aromatic carbocycles. The molecule has 0 aliphatic carbocycles. The molecule has 1 amide bonds. The predicted octanol–water partition coefficient (Wildman–Crippen LogP) is 2.53. The highest BCUT2D eigenvalue weighted by Crippen LogP contribution is 2.43. The Hall–Kier alpha value is -2.32. The Morgan fingerprint density at radius 3 is 2.56 bits per heavy atom. The number of amides is 1. The van der Waals surface area contributed by atoms with Crippen LogP contribution in [-0.4, -0.2) is 54.6 Å². The quantitative estimate of drug-likeness (QED) is 0.549. The zero-order valence-corrected chi connectivity index (χ0v) is 16.5. The van der Waals surface area contributed by atoms with Crippen molar-refractivity contribution in [3.05, 3.63) is 41.1 Å². The van der Waals surface area contributed by atoms with Gasteiger partial charge in [-0.15, -0.1) is 0 Å². The van der Waals surface area contributed by atoms with Crippen molar-refractivity contribution in [2.24, 2.45) is 4.99 Å². The maximum Gasteiger partial charge on any atom is 0.338 e. The standard InChI is InChI=1S/C19H22N2O5S/c1-11-15(18(23)26-10-9-24-3)16(13-5-7-14(25-4)8-6-13)21-17(22)12(2)27-19(21)20-11/h5-8,12,16H,9-10H2,1-4H3. The Labute approximate surface area is 162 Å². The molecule has 2 unspecified atom stereocenters. The van der Waals surface area contributed by atoms with Crippen LogP contribution in [0.1, 0.15) is 25.5 Å². The van der Waals surface area contributed by atoms with Gasteiger partial charge in [0.05, 0.1) is 36.3 Å². The molecule has 7 nitrogen and oxygen atoms in total. The molecule has 144 valence electrons. The van der Waals surface area contributed by atoms with Crippen molar-refractivity contribution < 1.29 is 23.8 Å². The van der Waals surface area contributed by atoms with Crippen LogP contribution in [-0.2, 0) is 19.1 Å². The Morgan fingerprint density at radius 1 is 1.22 bits per heavy atom. The molecular weight excluding hydrogens is 368 g/mol.